The second kappa shape index (κ2) is 8.85. The van der Waals surface area contributed by atoms with Gasteiger partial charge >= 0.3 is 0 Å². The van der Waals surface area contributed by atoms with Crippen LogP contribution in [0.15, 0.2) is 128 Å². The standard InChI is InChI=1S/C33H21N3O/c1-2-9-25-22(7-1)8-5-12-26(25)31-27-10-3-4-11-28(27)32(29-17-20-34-21-30(29)31)37-24-15-13-23(14-16-24)33-35-18-6-19-36-33/h1-21H. The fourth-order valence-corrected chi connectivity index (χ4v) is 5.06. The van der Waals surface area contributed by atoms with E-state index in [9.17, 15) is 0 Å². The molecule has 0 unspecified atom stereocenters. The van der Waals surface area contributed by atoms with Crippen molar-refractivity contribution in [2.24, 2.45) is 0 Å². The minimum atomic E-state index is 0.690. The molecule has 0 saturated carbocycles. The molecule has 7 aromatic rings. The van der Waals surface area contributed by atoms with Crippen LogP contribution in [0.5, 0.6) is 11.5 Å². The first-order chi connectivity index (χ1) is 18.4. The van der Waals surface area contributed by atoms with Gasteiger partial charge in [0.15, 0.2) is 5.82 Å². The van der Waals surface area contributed by atoms with E-state index in [0.717, 1.165) is 38.6 Å². The zero-order valence-corrected chi connectivity index (χ0v) is 19.9. The van der Waals surface area contributed by atoms with Crippen LogP contribution in [0.2, 0.25) is 0 Å². The van der Waals surface area contributed by atoms with Crippen molar-refractivity contribution >= 4 is 32.3 Å². The fourth-order valence-electron chi connectivity index (χ4n) is 5.06. The van der Waals surface area contributed by atoms with E-state index in [4.69, 9.17) is 4.74 Å². The lowest BCUT2D eigenvalue weighted by atomic mass is 9.89. The Hall–Kier alpha value is -5.09. The van der Waals surface area contributed by atoms with E-state index in [1.807, 2.05) is 48.8 Å². The van der Waals surface area contributed by atoms with Crippen molar-refractivity contribution in [2.45, 2.75) is 0 Å². The second-order valence-corrected chi connectivity index (χ2v) is 8.90. The molecule has 2 aromatic heterocycles. The molecule has 0 aliphatic carbocycles. The summed E-state index contributed by atoms with van der Waals surface area (Å²) >= 11 is 0. The Bertz CT molecular complexity index is 1840. The topological polar surface area (TPSA) is 47.9 Å². The number of benzene rings is 5. The number of hydrogen-bond donors (Lipinski definition) is 0. The van der Waals surface area contributed by atoms with Crippen molar-refractivity contribution in [1.82, 2.24) is 15.0 Å². The summed E-state index contributed by atoms with van der Waals surface area (Å²) in [5, 5.41) is 6.69. The summed E-state index contributed by atoms with van der Waals surface area (Å²) in [4.78, 5) is 13.2. The Morgan fingerprint density at radius 1 is 0.514 bits per heavy atom. The average Bonchev–Trinajstić information content (AvgIpc) is 2.98. The maximum atomic E-state index is 6.61. The molecule has 0 spiro atoms. The van der Waals surface area contributed by atoms with Gasteiger partial charge < -0.3 is 4.74 Å². The lowest BCUT2D eigenvalue weighted by Gasteiger charge is -2.18. The number of nitrogens with zero attached hydrogens (tertiary/aromatic N) is 3. The molecule has 0 radical (unpaired) electrons. The number of aromatic nitrogens is 3. The van der Waals surface area contributed by atoms with Gasteiger partial charge in [0.25, 0.3) is 0 Å². The van der Waals surface area contributed by atoms with Crippen molar-refractivity contribution in [1.29, 1.82) is 0 Å². The normalized spacial score (nSPS) is 11.2. The van der Waals surface area contributed by atoms with Gasteiger partial charge in [-0.1, -0.05) is 66.7 Å². The van der Waals surface area contributed by atoms with Crippen LogP contribution in [0, 0.1) is 0 Å². The van der Waals surface area contributed by atoms with Gasteiger partial charge in [-0.2, -0.15) is 0 Å². The quantitative estimate of drug-likeness (QED) is 0.240. The highest BCUT2D eigenvalue weighted by molar-refractivity contribution is 6.19. The van der Waals surface area contributed by atoms with Crippen LogP contribution in [0.4, 0.5) is 0 Å². The lowest BCUT2D eigenvalue weighted by molar-refractivity contribution is 0.494. The molecule has 0 aliphatic heterocycles. The second-order valence-electron chi connectivity index (χ2n) is 8.90. The summed E-state index contributed by atoms with van der Waals surface area (Å²) in [5.41, 5.74) is 3.30. The summed E-state index contributed by atoms with van der Waals surface area (Å²) in [6.45, 7) is 0. The molecule has 4 heteroatoms. The van der Waals surface area contributed by atoms with Gasteiger partial charge in [0.2, 0.25) is 0 Å². The molecule has 0 fully saturated rings. The number of ether oxygens (including phenoxy) is 1. The van der Waals surface area contributed by atoms with Gasteiger partial charge in [0.05, 0.1) is 0 Å². The Morgan fingerprint density at radius 3 is 2.05 bits per heavy atom. The Labute approximate surface area is 213 Å². The van der Waals surface area contributed by atoms with Crippen LogP contribution in [-0.2, 0) is 0 Å². The van der Waals surface area contributed by atoms with Gasteiger partial charge in [-0.25, -0.2) is 9.97 Å². The highest BCUT2D eigenvalue weighted by atomic mass is 16.5. The van der Waals surface area contributed by atoms with E-state index in [1.165, 1.54) is 21.9 Å². The molecule has 174 valence electrons. The molecule has 5 aromatic carbocycles. The maximum absolute atomic E-state index is 6.61. The van der Waals surface area contributed by atoms with Crippen LogP contribution >= 0.6 is 0 Å². The van der Waals surface area contributed by atoms with Gasteiger partial charge in [0, 0.05) is 46.5 Å². The first kappa shape index (κ1) is 21.2. The number of hydrogen-bond acceptors (Lipinski definition) is 4. The zero-order valence-electron chi connectivity index (χ0n) is 19.9. The van der Waals surface area contributed by atoms with E-state index in [-0.39, 0.29) is 0 Å². The van der Waals surface area contributed by atoms with Crippen LogP contribution in [0.25, 0.3) is 54.8 Å². The van der Waals surface area contributed by atoms with Crippen molar-refractivity contribution in [3.05, 3.63) is 128 Å². The number of rotatable bonds is 4. The average molecular weight is 476 g/mol. The van der Waals surface area contributed by atoms with Crippen LogP contribution in [0.1, 0.15) is 0 Å². The monoisotopic (exact) mass is 475 g/mol. The molecular weight excluding hydrogens is 454 g/mol. The van der Waals surface area contributed by atoms with Gasteiger partial charge in [0.1, 0.15) is 11.5 Å². The third kappa shape index (κ3) is 3.67. The highest BCUT2D eigenvalue weighted by Gasteiger charge is 2.18. The molecule has 4 nitrogen and oxygen atoms in total. The molecule has 2 heterocycles. The molecule has 0 amide bonds. The number of pyridine rings is 1. The molecule has 0 N–H and O–H groups in total. The van der Waals surface area contributed by atoms with E-state index in [0.29, 0.717) is 5.82 Å². The SMILES string of the molecule is c1cnc(-c2ccc(Oc3c4ccccc4c(-c4cccc5ccccc45)c4cnccc34)cc2)nc1. The van der Waals surface area contributed by atoms with Gasteiger partial charge in [-0.05, 0) is 63.7 Å². The summed E-state index contributed by atoms with van der Waals surface area (Å²) in [6, 6.07) is 35.2. The smallest absolute Gasteiger partial charge is 0.159 e. The van der Waals surface area contributed by atoms with E-state index < -0.39 is 0 Å². The summed E-state index contributed by atoms with van der Waals surface area (Å²) in [5.74, 6) is 2.26. The Kier molecular flexibility index (Phi) is 5.07. The lowest BCUT2D eigenvalue weighted by Crippen LogP contribution is -1.93. The first-order valence-corrected chi connectivity index (χ1v) is 12.2. The molecular formula is C33H21N3O. The largest absolute Gasteiger partial charge is 0.456 e. The van der Waals surface area contributed by atoms with Crippen LogP contribution < -0.4 is 4.74 Å². The summed E-state index contributed by atoms with van der Waals surface area (Å²) in [7, 11) is 0. The van der Waals surface area contributed by atoms with Gasteiger partial charge in [-0.15, -0.1) is 0 Å². The molecule has 0 atom stereocenters. The summed E-state index contributed by atoms with van der Waals surface area (Å²) in [6.07, 6.45) is 7.27. The molecule has 0 saturated heterocycles. The predicted octanol–water partition coefficient (Wildman–Crippen LogP) is 8.46. The number of fused-ring (bicyclic) bond motifs is 3. The van der Waals surface area contributed by atoms with Crippen molar-refractivity contribution in [3.8, 4) is 34.0 Å². The molecule has 37 heavy (non-hydrogen) atoms. The zero-order chi connectivity index (χ0) is 24.6. The highest BCUT2D eigenvalue weighted by Crippen LogP contribution is 2.45. The van der Waals surface area contributed by atoms with Crippen LogP contribution in [-0.4, -0.2) is 15.0 Å². The third-order valence-corrected chi connectivity index (χ3v) is 6.73. The minimum Gasteiger partial charge on any atom is -0.456 e. The fraction of sp³-hybridized carbons (Fsp3) is 0. The van der Waals surface area contributed by atoms with Crippen LogP contribution in [0.3, 0.4) is 0 Å². The molecule has 0 aliphatic rings. The third-order valence-electron chi connectivity index (χ3n) is 6.73. The Balaban J connectivity index is 1.44. The molecule has 0 bridgehead atoms. The van der Waals surface area contributed by atoms with Crippen molar-refractivity contribution in [2.75, 3.05) is 0 Å². The van der Waals surface area contributed by atoms with Gasteiger partial charge in [-0.3, -0.25) is 4.98 Å². The Morgan fingerprint density at radius 2 is 1.22 bits per heavy atom. The van der Waals surface area contributed by atoms with Crippen molar-refractivity contribution < 1.29 is 4.74 Å². The van der Waals surface area contributed by atoms with E-state index in [1.54, 1.807) is 12.4 Å². The molecule has 7 rings (SSSR count). The maximum Gasteiger partial charge on any atom is 0.159 e. The van der Waals surface area contributed by atoms with E-state index in [2.05, 4.69) is 81.7 Å². The predicted molar refractivity (Wildman–Crippen MR) is 150 cm³/mol. The van der Waals surface area contributed by atoms with Crippen molar-refractivity contribution in [3.63, 3.8) is 0 Å². The minimum absolute atomic E-state index is 0.690. The first-order valence-electron chi connectivity index (χ1n) is 12.2. The summed E-state index contributed by atoms with van der Waals surface area (Å²) < 4.78 is 6.61. The van der Waals surface area contributed by atoms with E-state index >= 15 is 0 Å².